The van der Waals surface area contributed by atoms with Crippen LogP contribution in [0.1, 0.15) is 0 Å². The molecular weight excluding hydrogens is 475 g/mol. The lowest BCUT2D eigenvalue weighted by Gasteiger charge is -2.24. The number of hydrogen-bond acceptors (Lipinski definition) is 5. The van der Waals surface area contributed by atoms with Crippen molar-refractivity contribution in [2.24, 2.45) is 0 Å². The van der Waals surface area contributed by atoms with Crippen LogP contribution < -0.4 is 19.1 Å². The molecule has 0 fully saturated rings. The first-order chi connectivity index (χ1) is 15.2. The number of halogens is 2. The minimum atomic E-state index is -4.09. The molecule has 0 saturated carbocycles. The number of nitrogens with one attached hydrogen (secondary N) is 1. The second-order valence-electron chi connectivity index (χ2n) is 6.57. The molecule has 0 aliphatic rings. The first kappa shape index (κ1) is 23.7. The minimum Gasteiger partial charge on any atom is -0.493 e. The van der Waals surface area contributed by atoms with E-state index in [0.29, 0.717) is 17.2 Å². The molecule has 1 amide bonds. The third-order valence-electron chi connectivity index (χ3n) is 4.42. The van der Waals surface area contributed by atoms with Gasteiger partial charge in [0.05, 0.1) is 24.8 Å². The molecule has 7 nitrogen and oxygen atoms in total. The predicted octanol–water partition coefficient (Wildman–Crippen LogP) is 4.84. The van der Waals surface area contributed by atoms with Crippen molar-refractivity contribution >= 4 is 50.5 Å². The Balaban J connectivity index is 1.95. The summed E-state index contributed by atoms with van der Waals surface area (Å²) in [6.45, 7) is -0.512. The van der Waals surface area contributed by atoms with Crippen molar-refractivity contribution in [2.75, 3.05) is 30.4 Å². The van der Waals surface area contributed by atoms with Gasteiger partial charge in [-0.2, -0.15) is 0 Å². The summed E-state index contributed by atoms with van der Waals surface area (Å²) >= 11 is 12.2. The number of ether oxygens (including phenoxy) is 2. The average molecular weight is 495 g/mol. The van der Waals surface area contributed by atoms with E-state index in [-0.39, 0.29) is 20.6 Å². The van der Waals surface area contributed by atoms with Crippen molar-refractivity contribution in [1.29, 1.82) is 0 Å². The van der Waals surface area contributed by atoms with E-state index in [9.17, 15) is 13.2 Å². The Morgan fingerprint density at radius 1 is 0.906 bits per heavy atom. The first-order valence-corrected chi connectivity index (χ1v) is 11.5. The van der Waals surface area contributed by atoms with E-state index in [1.807, 2.05) is 0 Å². The van der Waals surface area contributed by atoms with Gasteiger partial charge in [0, 0.05) is 21.8 Å². The maximum Gasteiger partial charge on any atom is 0.264 e. The van der Waals surface area contributed by atoms with Crippen LogP contribution in [0.3, 0.4) is 0 Å². The maximum atomic E-state index is 13.4. The number of carbonyl (C=O) groups is 1. The Kier molecular flexibility index (Phi) is 7.50. The van der Waals surface area contributed by atoms with Gasteiger partial charge in [0.2, 0.25) is 5.91 Å². The summed E-state index contributed by atoms with van der Waals surface area (Å²) in [5.74, 6) is 0.334. The van der Waals surface area contributed by atoms with Crippen LogP contribution >= 0.6 is 23.2 Å². The van der Waals surface area contributed by atoms with E-state index in [0.717, 1.165) is 4.31 Å². The standard InChI is InChI=1S/C22H20Cl2N2O5S/c1-30-20-9-8-17(13-21(20)31-2)25-22(27)14-26(18-11-15(23)10-16(24)12-18)32(28,29)19-6-4-3-5-7-19/h3-13H,14H2,1-2H3,(H,25,27). The fourth-order valence-electron chi connectivity index (χ4n) is 2.96. The smallest absolute Gasteiger partial charge is 0.264 e. The number of anilines is 2. The van der Waals surface area contributed by atoms with Crippen molar-refractivity contribution in [3.63, 3.8) is 0 Å². The highest BCUT2D eigenvalue weighted by molar-refractivity contribution is 7.92. The Hall–Kier alpha value is -2.94. The largest absolute Gasteiger partial charge is 0.493 e. The van der Waals surface area contributed by atoms with Gasteiger partial charge in [-0.3, -0.25) is 9.10 Å². The Morgan fingerprint density at radius 3 is 2.12 bits per heavy atom. The molecule has 10 heteroatoms. The fourth-order valence-corrected chi connectivity index (χ4v) is 4.90. The van der Waals surface area contributed by atoms with Crippen LogP contribution in [0.2, 0.25) is 10.0 Å². The molecule has 0 aromatic heterocycles. The van der Waals surface area contributed by atoms with Crippen LogP contribution in [-0.4, -0.2) is 35.1 Å². The molecule has 0 unspecified atom stereocenters. The lowest BCUT2D eigenvalue weighted by molar-refractivity contribution is -0.114. The van der Waals surface area contributed by atoms with E-state index in [1.165, 1.54) is 44.6 Å². The molecule has 0 heterocycles. The maximum absolute atomic E-state index is 13.4. The molecule has 0 bridgehead atoms. The van der Waals surface area contributed by atoms with Gasteiger partial charge < -0.3 is 14.8 Å². The van der Waals surface area contributed by atoms with Gasteiger partial charge in [0.15, 0.2) is 11.5 Å². The zero-order chi connectivity index (χ0) is 23.3. The summed E-state index contributed by atoms with van der Waals surface area (Å²) in [4.78, 5) is 12.9. The molecule has 0 aliphatic carbocycles. The zero-order valence-corrected chi connectivity index (χ0v) is 19.5. The Morgan fingerprint density at radius 2 is 1.53 bits per heavy atom. The topological polar surface area (TPSA) is 84.9 Å². The number of carbonyl (C=O) groups excluding carboxylic acids is 1. The second-order valence-corrected chi connectivity index (χ2v) is 9.31. The molecule has 0 radical (unpaired) electrons. The summed E-state index contributed by atoms with van der Waals surface area (Å²) in [5, 5.41) is 3.15. The summed E-state index contributed by atoms with van der Waals surface area (Å²) in [6, 6.07) is 16.9. The third-order valence-corrected chi connectivity index (χ3v) is 6.65. The molecule has 3 aromatic carbocycles. The van der Waals surface area contributed by atoms with Gasteiger partial charge in [0.1, 0.15) is 6.54 Å². The monoisotopic (exact) mass is 494 g/mol. The van der Waals surface area contributed by atoms with Crippen molar-refractivity contribution in [3.8, 4) is 11.5 Å². The number of rotatable bonds is 8. The van der Waals surface area contributed by atoms with E-state index in [4.69, 9.17) is 32.7 Å². The van der Waals surface area contributed by atoms with Crippen LogP contribution in [0, 0.1) is 0 Å². The SMILES string of the molecule is COc1ccc(NC(=O)CN(c2cc(Cl)cc(Cl)c2)S(=O)(=O)c2ccccc2)cc1OC. The lowest BCUT2D eigenvalue weighted by atomic mass is 10.2. The first-order valence-electron chi connectivity index (χ1n) is 9.30. The molecular formula is C22H20Cl2N2O5S. The Bertz CT molecular complexity index is 1200. The van der Waals surface area contributed by atoms with Crippen molar-refractivity contribution in [2.45, 2.75) is 4.90 Å². The number of nitrogens with zero attached hydrogens (tertiary/aromatic N) is 1. The van der Waals surface area contributed by atoms with E-state index >= 15 is 0 Å². The third kappa shape index (κ3) is 5.45. The summed E-state index contributed by atoms with van der Waals surface area (Å²) < 4.78 is 38.1. The predicted molar refractivity (Wildman–Crippen MR) is 126 cm³/mol. The van der Waals surface area contributed by atoms with Crippen LogP contribution in [0.15, 0.2) is 71.6 Å². The molecule has 1 N–H and O–H groups in total. The van der Waals surface area contributed by atoms with E-state index in [2.05, 4.69) is 5.32 Å². The van der Waals surface area contributed by atoms with Gasteiger partial charge in [-0.1, -0.05) is 41.4 Å². The fraction of sp³-hybridized carbons (Fsp3) is 0.136. The van der Waals surface area contributed by atoms with Gasteiger partial charge in [0.25, 0.3) is 10.0 Å². The lowest BCUT2D eigenvalue weighted by Crippen LogP contribution is -2.38. The van der Waals surface area contributed by atoms with Gasteiger partial charge in [-0.05, 0) is 42.5 Å². The molecule has 3 rings (SSSR count). The normalized spacial score (nSPS) is 11.0. The second kappa shape index (κ2) is 10.1. The number of amides is 1. The van der Waals surface area contributed by atoms with Gasteiger partial charge >= 0.3 is 0 Å². The molecule has 0 atom stereocenters. The van der Waals surface area contributed by atoms with Crippen LogP contribution in [0.4, 0.5) is 11.4 Å². The Labute approximate surface area is 196 Å². The van der Waals surface area contributed by atoms with Crippen LogP contribution in [-0.2, 0) is 14.8 Å². The zero-order valence-electron chi connectivity index (χ0n) is 17.2. The molecule has 0 spiro atoms. The van der Waals surface area contributed by atoms with E-state index < -0.39 is 22.5 Å². The molecule has 32 heavy (non-hydrogen) atoms. The van der Waals surface area contributed by atoms with Crippen molar-refractivity contribution < 1.29 is 22.7 Å². The molecule has 3 aromatic rings. The van der Waals surface area contributed by atoms with Gasteiger partial charge in [-0.25, -0.2) is 8.42 Å². The average Bonchev–Trinajstić information content (AvgIpc) is 2.77. The van der Waals surface area contributed by atoms with Gasteiger partial charge in [-0.15, -0.1) is 0 Å². The summed E-state index contributed by atoms with van der Waals surface area (Å²) in [6.07, 6.45) is 0. The quantitative estimate of drug-likeness (QED) is 0.483. The van der Waals surface area contributed by atoms with Crippen LogP contribution in [0.5, 0.6) is 11.5 Å². The van der Waals surface area contributed by atoms with Crippen molar-refractivity contribution in [3.05, 3.63) is 76.8 Å². The minimum absolute atomic E-state index is 0.0232. The number of methoxy groups -OCH3 is 2. The number of hydrogen-bond donors (Lipinski definition) is 1. The molecule has 168 valence electrons. The summed E-state index contributed by atoms with van der Waals surface area (Å²) in [5.41, 5.74) is 0.572. The highest BCUT2D eigenvalue weighted by Gasteiger charge is 2.28. The van der Waals surface area contributed by atoms with E-state index in [1.54, 1.807) is 36.4 Å². The molecule has 0 saturated heterocycles. The number of benzene rings is 3. The summed E-state index contributed by atoms with van der Waals surface area (Å²) in [7, 11) is -1.12. The highest BCUT2D eigenvalue weighted by atomic mass is 35.5. The molecule has 0 aliphatic heterocycles. The number of sulfonamides is 1. The van der Waals surface area contributed by atoms with Crippen LogP contribution in [0.25, 0.3) is 0 Å². The van der Waals surface area contributed by atoms with Crippen molar-refractivity contribution in [1.82, 2.24) is 0 Å². The highest BCUT2D eigenvalue weighted by Crippen LogP contribution is 2.31.